The van der Waals surface area contributed by atoms with Gasteiger partial charge in [0, 0.05) is 19.9 Å². The Bertz CT molecular complexity index is 655. The molecule has 3 rings (SSSR count). The van der Waals surface area contributed by atoms with Crippen molar-refractivity contribution in [2.75, 3.05) is 19.0 Å². The van der Waals surface area contributed by atoms with E-state index in [-0.39, 0.29) is 24.9 Å². The van der Waals surface area contributed by atoms with E-state index in [0.29, 0.717) is 16.7 Å². The SMILES string of the molecule is CCCSC1N=C(Cl)C(N)[C@@H](NC2=C3OC(C)(C)O[C@@H]3C(OCCO)=C2)N1. The highest BCUT2D eigenvalue weighted by molar-refractivity contribution is 7.99. The topological polar surface area (TPSA) is 110 Å². The Kier molecular flexibility index (Phi) is 6.60. The first-order valence-electron chi connectivity index (χ1n) is 9.04. The Morgan fingerprint density at radius 3 is 3.00 bits per heavy atom. The molecule has 0 aromatic rings. The third kappa shape index (κ3) is 4.72. The largest absolute Gasteiger partial charge is 0.492 e. The highest BCUT2D eigenvalue weighted by Gasteiger charge is 2.46. The fourth-order valence-electron chi connectivity index (χ4n) is 2.99. The fourth-order valence-corrected chi connectivity index (χ4v) is 4.16. The third-order valence-corrected chi connectivity index (χ3v) is 5.70. The van der Waals surface area contributed by atoms with E-state index in [9.17, 15) is 0 Å². The summed E-state index contributed by atoms with van der Waals surface area (Å²) in [7, 11) is 0. The van der Waals surface area contributed by atoms with Crippen molar-refractivity contribution in [1.29, 1.82) is 0 Å². The van der Waals surface area contributed by atoms with E-state index in [0.717, 1.165) is 17.9 Å². The molecular weight excluding hydrogens is 392 g/mol. The van der Waals surface area contributed by atoms with Gasteiger partial charge in [0.05, 0.1) is 18.3 Å². The van der Waals surface area contributed by atoms with Crippen LogP contribution in [0.4, 0.5) is 0 Å². The number of hydrogen-bond donors (Lipinski definition) is 4. The molecule has 1 aliphatic carbocycles. The molecule has 0 amide bonds. The van der Waals surface area contributed by atoms with Crippen molar-refractivity contribution in [2.24, 2.45) is 10.7 Å². The molecule has 8 nitrogen and oxygen atoms in total. The van der Waals surface area contributed by atoms with E-state index in [1.807, 2.05) is 19.9 Å². The van der Waals surface area contributed by atoms with E-state index in [1.165, 1.54) is 0 Å². The Balaban J connectivity index is 1.77. The van der Waals surface area contributed by atoms with Crippen molar-refractivity contribution in [3.05, 3.63) is 23.3 Å². The van der Waals surface area contributed by atoms with Crippen LogP contribution in [0.15, 0.2) is 28.3 Å². The molecule has 0 spiro atoms. The Morgan fingerprint density at radius 2 is 2.30 bits per heavy atom. The third-order valence-electron chi connectivity index (χ3n) is 4.15. The monoisotopic (exact) mass is 418 g/mol. The van der Waals surface area contributed by atoms with Crippen LogP contribution in [0, 0.1) is 0 Å². The summed E-state index contributed by atoms with van der Waals surface area (Å²) in [6.45, 7) is 5.90. The molecule has 27 heavy (non-hydrogen) atoms. The van der Waals surface area contributed by atoms with E-state index >= 15 is 0 Å². The predicted octanol–water partition coefficient (Wildman–Crippen LogP) is 1.17. The van der Waals surface area contributed by atoms with Crippen molar-refractivity contribution in [3.63, 3.8) is 0 Å². The average molecular weight is 419 g/mol. The number of aliphatic hydroxyl groups excluding tert-OH is 1. The summed E-state index contributed by atoms with van der Waals surface area (Å²) in [6, 6.07) is -0.497. The van der Waals surface area contributed by atoms with E-state index in [4.69, 9.17) is 36.7 Å². The molecule has 152 valence electrons. The maximum Gasteiger partial charge on any atom is 0.205 e. The summed E-state index contributed by atoms with van der Waals surface area (Å²) in [6.07, 6.45) is 2.09. The van der Waals surface area contributed by atoms with Crippen molar-refractivity contribution >= 4 is 28.5 Å². The van der Waals surface area contributed by atoms with Crippen molar-refractivity contribution in [1.82, 2.24) is 10.6 Å². The highest BCUT2D eigenvalue weighted by Crippen LogP contribution is 2.41. The smallest absolute Gasteiger partial charge is 0.205 e. The van der Waals surface area contributed by atoms with Gasteiger partial charge in [0.15, 0.2) is 11.9 Å². The lowest BCUT2D eigenvalue weighted by Crippen LogP contribution is -2.61. The molecule has 5 N–H and O–H groups in total. The van der Waals surface area contributed by atoms with E-state index in [1.54, 1.807) is 11.8 Å². The molecule has 2 heterocycles. The van der Waals surface area contributed by atoms with Gasteiger partial charge >= 0.3 is 0 Å². The van der Waals surface area contributed by atoms with Gasteiger partial charge in [-0.3, -0.25) is 5.32 Å². The molecule has 3 aliphatic rings. The molecule has 0 saturated carbocycles. The number of fused-ring (bicyclic) bond motifs is 1. The van der Waals surface area contributed by atoms with Gasteiger partial charge in [-0.2, -0.15) is 0 Å². The number of thioether (sulfide) groups is 1. The first-order valence-corrected chi connectivity index (χ1v) is 10.5. The van der Waals surface area contributed by atoms with Gasteiger partial charge in [0.25, 0.3) is 0 Å². The first kappa shape index (κ1) is 20.8. The molecule has 1 fully saturated rings. The Hall–Kier alpha value is -0.970. The molecule has 2 aliphatic heterocycles. The van der Waals surface area contributed by atoms with Crippen molar-refractivity contribution in [3.8, 4) is 0 Å². The summed E-state index contributed by atoms with van der Waals surface area (Å²) >= 11 is 7.94. The zero-order chi connectivity index (χ0) is 19.6. The lowest BCUT2D eigenvalue weighted by molar-refractivity contribution is -0.134. The molecular formula is C17H27ClN4O4S. The molecule has 0 bridgehead atoms. The second kappa shape index (κ2) is 8.59. The number of rotatable bonds is 8. The second-order valence-electron chi connectivity index (χ2n) is 6.89. The van der Waals surface area contributed by atoms with Gasteiger partial charge in [0.2, 0.25) is 5.79 Å². The molecule has 4 atom stereocenters. The number of nitrogens with zero attached hydrogens (tertiary/aromatic N) is 1. The van der Waals surface area contributed by atoms with Crippen LogP contribution in [0.1, 0.15) is 27.2 Å². The number of aliphatic imine (C=N–C) groups is 1. The number of nitrogens with two attached hydrogens (primary N) is 1. The van der Waals surface area contributed by atoms with Gasteiger partial charge < -0.3 is 30.4 Å². The minimum absolute atomic E-state index is 0.0795. The second-order valence-corrected chi connectivity index (χ2v) is 8.46. The number of nitrogens with one attached hydrogen (secondary N) is 2. The highest BCUT2D eigenvalue weighted by atomic mass is 35.5. The zero-order valence-corrected chi connectivity index (χ0v) is 17.3. The summed E-state index contributed by atoms with van der Waals surface area (Å²) in [4.78, 5) is 4.40. The summed E-state index contributed by atoms with van der Waals surface area (Å²) in [5.41, 5.74) is 6.78. The van der Waals surface area contributed by atoms with Crippen molar-refractivity contribution < 1.29 is 19.3 Å². The van der Waals surface area contributed by atoms with Gasteiger partial charge in [-0.25, -0.2) is 4.99 Å². The van der Waals surface area contributed by atoms with E-state index in [2.05, 4.69) is 22.5 Å². The predicted molar refractivity (Wildman–Crippen MR) is 106 cm³/mol. The lowest BCUT2D eigenvalue weighted by Gasteiger charge is -2.33. The zero-order valence-electron chi connectivity index (χ0n) is 15.7. The molecule has 2 unspecified atom stereocenters. The number of halogens is 1. The number of allylic oxidation sites excluding steroid dienone is 1. The quantitative estimate of drug-likeness (QED) is 0.465. The normalized spacial score (nSPS) is 31.9. The maximum atomic E-state index is 9.05. The van der Waals surface area contributed by atoms with Crippen LogP contribution >= 0.6 is 23.4 Å². The standard InChI is InChI=1S/C17H27ClN4O4S/c1-4-7-27-16-21-14(18)11(19)15(22-16)20-9-8-10(24-6-5-23)13-12(9)25-17(2,3)26-13/h8,11,13,15-16,20,22-23H,4-7,19H2,1-3H3/t11?,13-,15+,16?/m1/s1. The van der Waals surface area contributed by atoms with Crippen LogP contribution in [-0.2, 0) is 14.2 Å². The van der Waals surface area contributed by atoms with E-state index < -0.39 is 17.9 Å². The molecule has 10 heteroatoms. The molecule has 0 aromatic carbocycles. The molecule has 0 aromatic heterocycles. The minimum Gasteiger partial charge on any atom is -0.492 e. The van der Waals surface area contributed by atoms with Crippen LogP contribution in [0.5, 0.6) is 0 Å². The Morgan fingerprint density at radius 1 is 1.52 bits per heavy atom. The summed E-state index contributed by atoms with van der Waals surface area (Å²) in [5, 5.41) is 16.2. The van der Waals surface area contributed by atoms with Gasteiger partial charge in [-0.15, -0.1) is 11.8 Å². The van der Waals surface area contributed by atoms with Gasteiger partial charge in [-0.05, 0) is 12.2 Å². The number of aliphatic hydroxyl groups is 1. The van der Waals surface area contributed by atoms with Gasteiger partial charge in [0.1, 0.15) is 29.2 Å². The molecule has 0 radical (unpaired) electrons. The van der Waals surface area contributed by atoms with Crippen LogP contribution in [0.2, 0.25) is 0 Å². The van der Waals surface area contributed by atoms with Gasteiger partial charge in [-0.1, -0.05) is 18.5 Å². The average Bonchev–Trinajstić information content (AvgIpc) is 3.09. The maximum absolute atomic E-state index is 9.05. The van der Waals surface area contributed by atoms with Crippen LogP contribution < -0.4 is 16.4 Å². The number of hydrogen-bond acceptors (Lipinski definition) is 9. The van der Waals surface area contributed by atoms with Crippen LogP contribution in [0.3, 0.4) is 0 Å². The molecule has 1 saturated heterocycles. The van der Waals surface area contributed by atoms with Crippen LogP contribution in [0.25, 0.3) is 0 Å². The summed E-state index contributed by atoms with van der Waals surface area (Å²) < 4.78 is 17.5. The summed E-state index contributed by atoms with van der Waals surface area (Å²) in [5.74, 6) is 1.43. The Labute approximate surface area is 168 Å². The number of ether oxygens (including phenoxy) is 3. The van der Waals surface area contributed by atoms with Crippen LogP contribution in [-0.4, -0.2) is 58.8 Å². The first-order chi connectivity index (χ1) is 12.8. The minimum atomic E-state index is -0.768. The van der Waals surface area contributed by atoms with Crippen molar-refractivity contribution in [2.45, 2.75) is 56.8 Å². The fraction of sp³-hybridized carbons (Fsp3) is 0.706. The lowest BCUT2D eigenvalue weighted by atomic mass is 10.2.